The molecule has 3 aromatic rings. The van der Waals surface area contributed by atoms with Gasteiger partial charge in [0.1, 0.15) is 5.75 Å². The van der Waals surface area contributed by atoms with Crippen molar-refractivity contribution in [2.75, 3.05) is 20.2 Å². The number of ether oxygens (including phenoxy) is 1. The predicted molar refractivity (Wildman–Crippen MR) is 133 cm³/mol. The van der Waals surface area contributed by atoms with Gasteiger partial charge in [-0.25, -0.2) is 8.42 Å². The van der Waals surface area contributed by atoms with Crippen LogP contribution >= 0.6 is 11.8 Å². The highest BCUT2D eigenvalue weighted by Crippen LogP contribution is 2.31. The Morgan fingerprint density at radius 2 is 1.79 bits per heavy atom. The lowest BCUT2D eigenvalue weighted by atomic mass is 10.2. The van der Waals surface area contributed by atoms with E-state index in [2.05, 4.69) is 28.6 Å². The molecule has 0 atom stereocenters. The second-order valence-corrected chi connectivity index (χ2v) is 10.9. The van der Waals surface area contributed by atoms with Gasteiger partial charge in [0.15, 0.2) is 11.0 Å². The molecular weight excluding hydrogens is 456 g/mol. The summed E-state index contributed by atoms with van der Waals surface area (Å²) in [5.74, 6) is 2.57. The quantitative estimate of drug-likeness (QED) is 0.356. The first kappa shape index (κ1) is 25.3. The third kappa shape index (κ3) is 5.77. The zero-order valence-electron chi connectivity index (χ0n) is 19.9. The van der Waals surface area contributed by atoms with Crippen molar-refractivity contribution in [1.29, 1.82) is 0 Å². The van der Waals surface area contributed by atoms with E-state index in [0.29, 0.717) is 30.6 Å². The Bertz CT molecular complexity index is 1170. The van der Waals surface area contributed by atoms with Gasteiger partial charge in [-0.15, -0.1) is 10.2 Å². The van der Waals surface area contributed by atoms with Crippen LogP contribution in [0.4, 0.5) is 0 Å². The van der Waals surface area contributed by atoms with Gasteiger partial charge in [-0.3, -0.25) is 0 Å². The van der Waals surface area contributed by atoms with Crippen LogP contribution in [0.5, 0.6) is 5.75 Å². The number of para-hydroxylation sites is 1. The van der Waals surface area contributed by atoms with E-state index in [1.807, 2.05) is 44.2 Å². The van der Waals surface area contributed by atoms with E-state index in [1.54, 1.807) is 37.1 Å². The van der Waals surface area contributed by atoms with Gasteiger partial charge >= 0.3 is 0 Å². The van der Waals surface area contributed by atoms with E-state index in [4.69, 9.17) is 4.74 Å². The summed E-state index contributed by atoms with van der Waals surface area (Å²) in [6, 6.07) is 14.9. The van der Waals surface area contributed by atoms with Crippen molar-refractivity contribution in [1.82, 2.24) is 19.1 Å². The Hall–Kier alpha value is -2.36. The highest BCUT2D eigenvalue weighted by atomic mass is 32.2. The Labute approximate surface area is 201 Å². The highest BCUT2D eigenvalue weighted by Gasteiger charge is 2.23. The van der Waals surface area contributed by atoms with Crippen LogP contribution < -0.4 is 4.74 Å². The Balaban J connectivity index is 1.96. The van der Waals surface area contributed by atoms with Crippen molar-refractivity contribution < 1.29 is 13.2 Å². The second-order valence-electron chi connectivity index (χ2n) is 8.03. The van der Waals surface area contributed by atoms with Gasteiger partial charge in [-0.05, 0) is 24.1 Å². The number of sulfonamides is 1. The van der Waals surface area contributed by atoms with Gasteiger partial charge in [-0.1, -0.05) is 69.8 Å². The maximum atomic E-state index is 13.0. The van der Waals surface area contributed by atoms with Crippen LogP contribution in [0.3, 0.4) is 0 Å². The standard InChI is InChI=1S/C24H32N4O3S2/c1-6-27(7-2)33(29,30)21-13-10-12-19(15-21)23-25-26-24(28(23)16-18(3)4)32-17-20-11-8-9-14-22(20)31-5/h8-15,18H,6-7,16-17H2,1-5H3. The topological polar surface area (TPSA) is 77.3 Å². The van der Waals surface area contributed by atoms with E-state index in [-0.39, 0.29) is 4.90 Å². The van der Waals surface area contributed by atoms with E-state index in [1.165, 1.54) is 4.31 Å². The molecule has 0 aliphatic heterocycles. The fourth-order valence-corrected chi connectivity index (χ4v) is 6.05. The molecule has 0 N–H and O–H groups in total. The number of thioether (sulfide) groups is 1. The third-order valence-electron chi connectivity index (χ3n) is 5.25. The molecular formula is C24H32N4O3S2. The molecule has 0 aliphatic carbocycles. The van der Waals surface area contributed by atoms with Crippen molar-refractivity contribution in [3.63, 3.8) is 0 Å². The molecule has 0 amide bonds. The fraction of sp³-hybridized carbons (Fsp3) is 0.417. The zero-order chi connectivity index (χ0) is 24.0. The molecule has 33 heavy (non-hydrogen) atoms. The van der Waals surface area contributed by atoms with Gasteiger partial charge in [0, 0.05) is 36.5 Å². The zero-order valence-corrected chi connectivity index (χ0v) is 21.5. The lowest BCUT2D eigenvalue weighted by molar-refractivity contribution is 0.411. The molecule has 0 saturated heterocycles. The van der Waals surface area contributed by atoms with E-state index < -0.39 is 10.0 Å². The summed E-state index contributed by atoms with van der Waals surface area (Å²) in [4.78, 5) is 0.269. The molecule has 0 fully saturated rings. The fourth-order valence-electron chi connectivity index (χ4n) is 3.61. The van der Waals surface area contributed by atoms with Crippen LogP contribution in [-0.2, 0) is 22.3 Å². The van der Waals surface area contributed by atoms with Crippen LogP contribution in [0, 0.1) is 5.92 Å². The molecule has 0 bridgehead atoms. The number of benzene rings is 2. The monoisotopic (exact) mass is 488 g/mol. The van der Waals surface area contributed by atoms with Gasteiger partial charge in [0.2, 0.25) is 10.0 Å². The first-order valence-corrected chi connectivity index (χ1v) is 13.5. The number of aromatic nitrogens is 3. The number of rotatable bonds is 11. The van der Waals surface area contributed by atoms with E-state index >= 15 is 0 Å². The second kappa shape index (κ2) is 11.2. The maximum absolute atomic E-state index is 13.0. The molecule has 3 rings (SSSR count). The minimum atomic E-state index is -3.56. The number of methoxy groups -OCH3 is 1. The third-order valence-corrected chi connectivity index (χ3v) is 8.31. The molecule has 2 aromatic carbocycles. The van der Waals surface area contributed by atoms with Gasteiger partial charge < -0.3 is 9.30 Å². The summed E-state index contributed by atoms with van der Waals surface area (Å²) in [6.45, 7) is 9.54. The minimum absolute atomic E-state index is 0.269. The van der Waals surface area contributed by atoms with Crippen molar-refractivity contribution in [2.24, 2.45) is 5.92 Å². The molecule has 1 heterocycles. The molecule has 178 valence electrons. The van der Waals surface area contributed by atoms with Crippen LogP contribution in [0.2, 0.25) is 0 Å². The summed E-state index contributed by atoms with van der Waals surface area (Å²) in [6.07, 6.45) is 0. The highest BCUT2D eigenvalue weighted by molar-refractivity contribution is 7.98. The first-order chi connectivity index (χ1) is 15.8. The van der Waals surface area contributed by atoms with Crippen LogP contribution in [0.25, 0.3) is 11.4 Å². The summed E-state index contributed by atoms with van der Waals surface area (Å²) >= 11 is 1.59. The molecule has 0 aliphatic rings. The lowest BCUT2D eigenvalue weighted by Gasteiger charge is -2.19. The van der Waals surface area contributed by atoms with E-state index in [9.17, 15) is 8.42 Å². The Morgan fingerprint density at radius 3 is 2.45 bits per heavy atom. The van der Waals surface area contributed by atoms with Crippen molar-refractivity contribution in [2.45, 2.75) is 50.0 Å². The molecule has 7 nitrogen and oxygen atoms in total. The molecule has 0 saturated carbocycles. The van der Waals surface area contributed by atoms with E-state index in [0.717, 1.165) is 28.6 Å². The minimum Gasteiger partial charge on any atom is -0.496 e. The summed E-state index contributed by atoms with van der Waals surface area (Å²) < 4.78 is 35.1. The van der Waals surface area contributed by atoms with Crippen molar-refractivity contribution in [3.05, 3.63) is 54.1 Å². The van der Waals surface area contributed by atoms with Gasteiger partial charge in [0.05, 0.1) is 12.0 Å². The Kier molecular flexibility index (Phi) is 8.56. The van der Waals surface area contributed by atoms with Crippen LogP contribution in [0.1, 0.15) is 33.3 Å². The van der Waals surface area contributed by atoms with Gasteiger partial charge in [0.25, 0.3) is 0 Å². The number of nitrogens with zero attached hydrogens (tertiary/aromatic N) is 4. The number of hydrogen-bond acceptors (Lipinski definition) is 6. The Morgan fingerprint density at radius 1 is 1.06 bits per heavy atom. The van der Waals surface area contributed by atoms with Gasteiger partial charge in [-0.2, -0.15) is 4.31 Å². The predicted octanol–water partition coefficient (Wildman–Crippen LogP) is 4.93. The average molecular weight is 489 g/mol. The molecule has 0 unspecified atom stereocenters. The van der Waals surface area contributed by atoms with Crippen LogP contribution in [0.15, 0.2) is 58.6 Å². The largest absolute Gasteiger partial charge is 0.496 e. The SMILES string of the molecule is CCN(CC)S(=O)(=O)c1cccc(-c2nnc(SCc3ccccc3OC)n2CC(C)C)c1. The smallest absolute Gasteiger partial charge is 0.243 e. The summed E-state index contributed by atoms with van der Waals surface area (Å²) in [5.41, 5.74) is 1.82. The lowest BCUT2D eigenvalue weighted by Crippen LogP contribution is -2.30. The number of hydrogen-bond donors (Lipinski definition) is 0. The van der Waals surface area contributed by atoms with Crippen molar-refractivity contribution in [3.8, 4) is 17.1 Å². The molecule has 1 aromatic heterocycles. The van der Waals surface area contributed by atoms with Crippen molar-refractivity contribution >= 4 is 21.8 Å². The van der Waals surface area contributed by atoms with Crippen LogP contribution in [-0.4, -0.2) is 47.7 Å². The first-order valence-electron chi connectivity index (χ1n) is 11.1. The molecule has 9 heteroatoms. The molecule has 0 spiro atoms. The maximum Gasteiger partial charge on any atom is 0.243 e. The average Bonchev–Trinajstić information content (AvgIpc) is 3.20. The molecule has 0 radical (unpaired) electrons. The normalized spacial score (nSPS) is 12.0. The summed E-state index contributed by atoms with van der Waals surface area (Å²) in [5, 5.41) is 9.70. The summed E-state index contributed by atoms with van der Waals surface area (Å²) in [7, 11) is -1.89.